The van der Waals surface area contributed by atoms with Crippen molar-refractivity contribution in [2.75, 3.05) is 21.1 Å². The molecule has 1 atom stereocenters. The van der Waals surface area contributed by atoms with Gasteiger partial charge in [0.25, 0.3) is 10.1 Å². The smallest absolute Gasteiger partial charge is 0.325 e. The number of rotatable bonds is 4. The second-order valence-electron chi connectivity index (χ2n) is 3.28. The quantitative estimate of drug-likeness (QED) is 0.545. The molecule has 9 heteroatoms. The first-order valence-corrected chi connectivity index (χ1v) is 5.50. The molecule has 0 aliphatic heterocycles. The number of nitrogens with zero attached hydrogens (tertiary/aromatic N) is 1. The summed E-state index contributed by atoms with van der Waals surface area (Å²) in [4.78, 5) is 22.0. The van der Waals surface area contributed by atoms with Gasteiger partial charge in [-0.05, 0) is 21.1 Å². The Balaban J connectivity index is 0. The van der Waals surface area contributed by atoms with E-state index < -0.39 is 33.7 Å². The fraction of sp³-hybridized carbons (Fsp3) is 0.714. The molecule has 0 heterocycles. The monoisotopic (exact) mass is 257 g/mol. The Morgan fingerprint density at radius 2 is 1.50 bits per heavy atom. The van der Waals surface area contributed by atoms with Gasteiger partial charge in [0.15, 0.2) is 5.25 Å². The molecule has 0 aromatic carbocycles. The third kappa shape index (κ3) is 10.9. The summed E-state index contributed by atoms with van der Waals surface area (Å²) in [6.07, 6.45) is -1.16. The van der Waals surface area contributed by atoms with Crippen molar-refractivity contribution in [3.05, 3.63) is 0 Å². The Bertz CT molecular complexity index is 332. The minimum atomic E-state index is -4.84. The molecule has 16 heavy (non-hydrogen) atoms. The minimum absolute atomic E-state index is 1.16. The summed E-state index contributed by atoms with van der Waals surface area (Å²) in [5, 5.41) is 13.9. The summed E-state index contributed by atoms with van der Waals surface area (Å²) in [7, 11) is 1.16. The predicted molar refractivity (Wildman–Crippen MR) is 54.8 cm³/mol. The SMILES string of the molecule is CN(C)C.O=C(O)CC(C(=O)O)S(=O)(=O)O. The lowest BCUT2D eigenvalue weighted by molar-refractivity contribution is -0.143. The summed E-state index contributed by atoms with van der Waals surface area (Å²) >= 11 is 0. The van der Waals surface area contributed by atoms with E-state index in [-0.39, 0.29) is 0 Å². The third-order valence-electron chi connectivity index (χ3n) is 0.995. The van der Waals surface area contributed by atoms with Crippen LogP contribution in [0, 0.1) is 0 Å². The van der Waals surface area contributed by atoms with Gasteiger partial charge in [-0.2, -0.15) is 8.42 Å². The van der Waals surface area contributed by atoms with E-state index in [4.69, 9.17) is 14.8 Å². The number of carboxylic acids is 2. The first-order valence-electron chi connectivity index (χ1n) is 4.00. The standard InChI is InChI=1S/C4H6O7S.C3H9N/c5-3(6)1-2(4(7)8)12(9,10)11;1-4(2)3/h2H,1H2,(H,5,6)(H,7,8)(H,9,10,11);1-3H3. The van der Waals surface area contributed by atoms with E-state index in [1.807, 2.05) is 26.0 Å². The van der Waals surface area contributed by atoms with Crippen LogP contribution in [-0.4, -0.2) is 66.4 Å². The van der Waals surface area contributed by atoms with Gasteiger partial charge in [-0.15, -0.1) is 0 Å². The van der Waals surface area contributed by atoms with Crippen molar-refractivity contribution >= 4 is 22.1 Å². The molecule has 1 unspecified atom stereocenters. The zero-order valence-electron chi connectivity index (χ0n) is 9.11. The molecule has 0 rings (SSSR count). The highest BCUT2D eigenvalue weighted by atomic mass is 32.2. The summed E-state index contributed by atoms with van der Waals surface area (Å²) in [6.45, 7) is 0. The number of hydrogen-bond donors (Lipinski definition) is 3. The molecule has 3 N–H and O–H groups in total. The largest absolute Gasteiger partial charge is 0.481 e. The lowest BCUT2D eigenvalue weighted by Crippen LogP contribution is -2.31. The Morgan fingerprint density at radius 1 is 1.19 bits per heavy atom. The third-order valence-corrected chi connectivity index (χ3v) is 2.08. The Kier molecular flexibility index (Phi) is 7.69. The van der Waals surface area contributed by atoms with Crippen LogP contribution in [0.3, 0.4) is 0 Å². The van der Waals surface area contributed by atoms with E-state index in [0.717, 1.165) is 0 Å². The van der Waals surface area contributed by atoms with Gasteiger partial charge in [0, 0.05) is 0 Å². The molecule has 0 bridgehead atoms. The lowest BCUT2D eigenvalue weighted by Gasteiger charge is -2.04. The Labute approximate surface area is 93.2 Å². The molecule has 96 valence electrons. The molecule has 0 amide bonds. The maximum atomic E-state index is 10.2. The highest BCUT2D eigenvalue weighted by molar-refractivity contribution is 7.87. The van der Waals surface area contributed by atoms with Gasteiger partial charge >= 0.3 is 11.9 Å². The van der Waals surface area contributed by atoms with E-state index in [1.54, 1.807) is 0 Å². The van der Waals surface area contributed by atoms with Crippen molar-refractivity contribution < 1.29 is 32.8 Å². The number of hydrogen-bond acceptors (Lipinski definition) is 5. The second kappa shape index (κ2) is 7.14. The van der Waals surface area contributed by atoms with Crippen molar-refractivity contribution in [3.63, 3.8) is 0 Å². The Morgan fingerprint density at radius 3 is 1.56 bits per heavy atom. The summed E-state index contributed by atoms with van der Waals surface area (Å²) in [6, 6.07) is 0. The van der Waals surface area contributed by atoms with Crippen LogP contribution in [0.4, 0.5) is 0 Å². The fourth-order valence-electron chi connectivity index (χ4n) is 0.479. The fourth-order valence-corrected chi connectivity index (χ4v) is 1.09. The first kappa shape index (κ1) is 17.2. The van der Waals surface area contributed by atoms with Crippen LogP contribution in [0.5, 0.6) is 0 Å². The van der Waals surface area contributed by atoms with Crippen molar-refractivity contribution in [1.29, 1.82) is 0 Å². The maximum absolute atomic E-state index is 10.2. The summed E-state index contributed by atoms with van der Waals surface area (Å²) in [5.41, 5.74) is 0. The van der Waals surface area contributed by atoms with E-state index in [0.29, 0.717) is 0 Å². The van der Waals surface area contributed by atoms with Crippen molar-refractivity contribution in [2.24, 2.45) is 0 Å². The number of aliphatic carboxylic acids is 2. The van der Waals surface area contributed by atoms with E-state index in [1.165, 1.54) is 0 Å². The second-order valence-corrected chi connectivity index (χ2v) is 4.88. The van der Waals surface area contributed by atoms with E-state index in [9.17, 15) is 18.0 Å². The van der Waals surface area contributed by atoms with Gasteiger partial charge in [-0.1, -0.05) is 0 Å². The number of carboxylic acid groups (broad SMARTS) is 2. The highest BCUT2D eigenvalue weighted by Gasteiger charge is 2.33. The van der Waals surface area contributed by atoms with Crippen molar-refractivity contribution in [2.45, 2.75) is 11.7 Å². The first-order chi connectivity index (χ1) is 6.98. The maximum Gasteiger partial charge on any atom is 0.325 e. The van der Waals surface area contributed by atoms with Gasteiger partial charge < -0.3 is 15.1 Å². The van der Waals surface area contributed by atoms with Gasteiger partial charge in [0.2, 0.25) is 0 Å². The molecule has 0 aliphatic rings. The average Bonchev–Trinajstić information content (AvgIpc) is 1.95. The average molecular weight is 257 g/mol. The van der Waals surface area contributed by atoms with E-state index in [2.05, 4.69) is 0 Å². The van der Waals surface area contributed by atoms with Crippen LogP contribution in [-0.2, 0) is 19.7 Å². The van der Waals surface area contributed by atoms with Gasteiger partial charge in [-0.3, -0.25) is 14.1 Å². The summed E-state index contributed by atoms with van der Waals surface area (Å²) in [5.74, 6) is -3.50. The molecular weight excluding hydrogens is 242 g/mol. The highest BCUT2D eigenvalue weighted by Crippen LogP contribution is 2.04. The molecule has 0 radical (unpaired) electrons. The topological polar surface area (TPSA) is 132 Å². The zero-order valence-corrected chi connectivity index (χ0v) is 9.93. The van der Waals surface area contributed by atoms with Crippen LogP contribution in [0.1, 0.15) is 6.42 Å². The van der Waals surface area contributed by atoms with Crippen LogP contribution >= 0.6 is 0 Å². The summed E-state index contributed by atoms with van der Waals surface area (Å²) < 4.78 is 28.7. The van der Waals surface area contributed by atoms with Crippen molar-refractivity contribution in [3.8, 4) is 0 Å². The van der Waals surface area contributed by atoms with E-state index >= 15 is 0 Å². The van der Waals surface area contributed by atoms with Gasteiger partial charge in [0.1, 0.15) is 0 Å². The molecule has 0 saturated heterocycles. The van der Waals surface area contributed by atoms with Crippen molar-refractivity contribution in [1.82, 2.24) is 4.90 Å². The zero-order chi connectivity index (χ0) is 13.5. The molecule has 0 aromatic heterocycles. The van der Waals surface area contributed by atoms with Crippen LogP contribution in [0.2, 0.25) is 0 Å². The van der Waals surface area contributed by atoms with Crippen LogP contribution in [0.25, 0.3) is 0 Å². The minimum Gasteiger partial charge on any atom is -0.481 e. The molecular formula is C7H15NO7S. The normalized spacial score (nSPS) is 12.6. The molecule has 0 spiro atoms. The number of carbonyl (C=O) groups is 2. The molecule has 8 nitrogen and oxygen atoms in total. The molecule has 0 aromatic rings. The Hall–Kier alpha value is -1.19. The lowest BCUT2D eigenvalue weighted by atomic mass is 10.3. The molecule has 0 fully saturated rings. The molecule has 0 saturated carbocycles. The van der Waals surface area contributed by atoms with Crippen LogP contribution < -0.4 is 0 Å². The molecule has 0 aliphatic carbocycles. The van der Waals surface area contributed by atoms with Crippen LogP contribution in [0.15, 0.2) is 0 Å². The van der Waals surface area contributed by atoms with Gasteiger partial charge in [0.05, 0.1) is 6.42 Å². The predicted octanol–water partition coefficient (Wildman–Crippen LogP) is -1.02. The van der Waals surface area contributed by atoms with Gasteiger partial charge in [-0.25, -0.2) is 0 Å².